The zero-order valence-electron chi connectivity index (χ0n) is 7.11. The van der Waals surface area contributed by atoms with Gasteiger partial charge in [0.2, 0.25) is 0 Å². The Morgan fingerprint density at radius 1 is 1.30 bits per heavy atom. The average molecular weight is 256 g/mol. The van der Waals surface area contributed by atoms with Gasteiger partial charge in [-0.05, 0) is 0 Å². The van der Waals surface area contributed by atoms with E-state index in [0.29, 0.717) is 3.92 Å². The second-order valence-corrected chi connectivity index (χ2v) is 9.09. The molecule has 0 fully saturated rings. The Bertz CT molecular complexity index is 137. The van der Waals surface area contributed by atoms with Gasteiger partial charge in [-0.1, -0.05) is 0 Å². The second kappa shape index (κ2) is 4.05. The van der Waals surface area contributed by atoms with Crippen molar-refractivity contribution in [2.45, 2.75) is 17.8 Å². The van der Waals surface area contributed by atoms with Gasteiger partial charge in [-0.15, -0.1) is 0 Å². The third-order valence-electron chi connectivity index (χ3n) is 1.54. The summed E-state index contributed by atoms with van der Waals surface area (Å²) in [5.74, 6) is 0. The van der Waals surface area contributed by atoms with Gasteiger partial charge < -0.3 is 0 Å². The van der Waals surface area contributed by atoms with Gasteiger partial charge >= 0.3 is 70.3 Å². The Kier molecular flexibility index (Phi) is 4.08. The molecule has 0 aromatic heterocycles. The van der Waals surface area contributed by atoms with Crippen LogP contribution in [0.1, 0.15) is 13.8 Å². The van der Waals surface area contributed by atoms with E-state index in [1.807, 2.05) is 6.92 Å². The van der Waals surface area contributed by atoms with Crippen molar-refractivity contribution < 1.29 is 0 Å². The molecule has 0 unspecified atom stereocenters. The minimum absolute atomic E-state index is 0.550. The van der Waals surface area contributed by atoms with E-state index in [1.165, 1.54) is 0 Å². The summed E-state index contributed by atoms with van der Waals surface area (Å²) in [6, 6.07) is 0. The van der Waals surface area contributed by atoms with E-state index in [4.69, 9.17) is 11.5 Å². The molecular formula is C7H17IN2. The van der Waals surface area contributed by atoms with Gasteiger partial charge in [0.1, 0.15) is 0 Å². The molecule has 0 aliphatic heterocycles. The Hall–Kier alpha value is 0.0700. The fraction of sp³-hybridized carbons (Fsp3) is 0.714. The first-order valence-electron chi connectivity index (χ1n) is 3.17. The van der Waals surface area contributed by atoms with Crippen LogP contribution in [0.2, 0.25) is 0 Å². The van der Waals surface area contributed by atoms with Crippen LogP contribution in [0, 0.1) is 0 Å². The maximum atomic E-state index is 5.75. The minimum atomic E-state index is -0.796. The van der Waals surface area contributed by atoms with Crippen molar-refractivity contribution in [3.8, 4) is 0 Å². The molecule has 0 amide bonds. The van der Waals surface area contributed by atoms with Crippen LogP contribution >= 0.6 is 19.8 Å². The van der Waals surface area contributed by atoms with Gasteiger partial charge in [0.15, 0.2) is 0 Å². The number of nitrogens with two attached hydrogens (primary N) is 2. The number of allylic oxidation sites excluding steroid dienone is 2. The van der Waals surface area contributed by atoms with Crippen molar-refractivity contribution in [3.63, 3.8) is 0 Å². The summed E-state index contributed by atoms with van der Waals surface area (Å²) in [6.07, 6.45) is 0. The number of halogens is 1. The molecule has 0 radical (unpaired) electrons. The van der Waals surface area contributed by atoms with E-state index in [9.17, 15) is 0 Å². The maximum absolute atomic E-state index is 5.75. The molecular weight excluding hydrogens is 239 g/mol. The summed E-state index contributed by atoms with van der Waals surface area (Å²) >= 11 is -0.796. The molecule has 2 nitrogen and oxygen atoms in total. The molecule has 0 spiro atoms. The molecule has 62 valence electrons. The van der Waals surface area contributed by atoms with Gasteiger partial charge in [0.05, 0.1) is 0 Å². The number of rotatable bonds is 2. The monoisotopic (exact) mass is 256 g/mol. The van der Waals surface area contributed by atoms with Crippen LogP contribution in [0.4, 0.5) is 0 Å². The van der Waals surface area contributed by atoms with Crippen LogP contribution < -0.4 is 11.5 Å². The summed E-state index contributed by atoms with van der Waals surface area (Å²) in [6.45, 7) is 4.03. The number of hydrogen-bond donors (Lipinski definition) is 2. The van der Waals surface area contributed by atoms with Crippen LogP contribution in [0.15, 0.2) is 11.4 Å². The third kappa shape index (κ3) is 2.77. The zero-order valence-corrected chi connectivity index (χ0v) is 9.27. The first kappa shape index (κ1) is 10.1. The van der Waals surface area contributed by atoms with Crippen molar-refractivity contribution in [1.29, 1.82) is 0 Å². The third-order valence-corrected chi connectivity index (χ3v) is 5.95. The van der Waals surface area contributed by atoms with Crippen LogP contribution in [-0.2, 0) is 0 Å². The summed E-state index contributed by atoms with van der Waals surface area (Å²) in [7, 11) is 0. The van der Waals surface area contributed by atoms with Crippen molar-refractivity contribution in [1.82, 2.24) is 0 Å². The SMILES string of the molecule is C/C(N)=C(/N)[C@@H](C)I(C)C. The van der Waals surface area contributed by atoms with Crippen molar-refractivity contribution in [2.24, 2.45) is 11.5 Å². The molecule has 0 aliphatic rings. The van der Waals surface area contributed by atoms with Crippen molar-refractivity contribution >= 4 is 19.8 Å². The van der Waals surface area contributed by atoms with E-state index in [1.54, 1.807) is 0 Å². The second-order valence-electron chi connectivity index (χ2n) is 2.57. The van der Waals surface area contributed by atoms with Gasteiger partial charge in [-0.2, -0.15) is 0 Å². The van der Waals surface area contributed by atoms with Gasteiger partial charge in [0.25, 0.3) is 0 Å². The fourth-order valence-corrected chi connectivity index (χ4v) is 2.38. The molecule has 0 aromatic carbocycles. The Morgan fingerprint density at radius 3 is 1.80 bits per heavy atom. The molecule has 1 atom stereocenters. The topological polar surface area (TPSA) is 52.0 Å². The van der Waals surface area contributed by atoms with Crippen molar-refractivity contribution in [3.05, 3.63) is 11.4 Å². The molecule has 0 saturated carbocycles. The van der Waals surface area contributed by atoms with E-state index < -0.39 is 19.8 Å². The quantitative estimate of drug-likeness (QED) is 0.577. The average Bonchev–Trinajstić information content (AvgIpc) is 1.84. The molecule has 0 heterocycles. The summed E-state index contributed by atoms with van der Waals surface area (Å²) in [5, 5.41) is 0. The summed E-state index contributed by atoms with van der Waals surface area (Å²) in [4.78, 5) is 4.59. The Labute approximate surface area is 70.4 Å². The van der Waals surface area contributed by atoms with Crippen LogP contribution in [-0.4, -0.2) is 13.8 Å². The normalized spacial score (nSPS) is 17.8. The number of hydrogen-bond acceptors (Lipinski definition) is 2. The predicted molar refractivity (Wildman–Crippen MR) is 56.4 cm³/mol. The Balaban J connectivity index is 4.22. The van der Waals surface area contributed by atoms with Crippen LogP contribution in [0.25, 0.3) is 0 Å². The summed E-state index contributed by atoms with van der Waals surface area (Å²) < 4.78 is 0.550. The first-order chi connectivity index (χ1) is 4.46. The fourth-order valence-electron chi connectivity index (χ4n) is 0.549. The van der Waals surface area contributed by atoms with Gasteiger partial charge in [-0.25, -0.2) is 0 Å². The first-order valence-corrected chi connectivity index (χ1v) is 8.73. The Morgan fingerprint density at radius 2 is 1.70 bits per heavy atom. The molecule has 4 N–H and O–H groups in total. The van der Waals surface area contributed by atoms with Gasteiger partial charge in [-0.3, -0.25) is 0 Å². The molecule has 10 heavy (non-hydrogen) atoms. The van der Waals surface area contributed by atoms with Gasteiger partial charge in [0, 0.05) is 0 Å². The van der Waals surface area contributed by atoms with Crippen LogP contribution in [0.3, 0.4) is 0 Å². The van der Waals surface area contributed by atoms with E-state index >= 15 is 0 Å². The number of alkyl halides is 3. The zero-order chi connectivity index (χ0) is 8.31. The van der Waals surface area contributed by atoms with Crippen molar-refractivity contribution in [2.75, 3.05) is 9.86 Å². The van der Waals surface area contributed by atoms with E-state index in [-0.39, 0.29) is 0 Å². The predicted octanol–water partition coefficient (Wildman–Crippen LogP) is 1.29. The van der Waals surface area contributed by atoms with E-state index in [2.05, 4.69) is 16.8 Å². The standard InChI is InChI=1S/C7H17IN2/c1-5(8(3)4)7(10)6(2)9/h5H,9-10H2,1-4H3/b7-6-/t5-/m1/s1. The summed E-state index contributed by atoms with van der Waals surface area (Å²) in [5.41, 5.74) is 13.0. The molecule has 0 aliphatic carbocycles. The molecule has 0 saturated heterocycles. The molecule has 0 bridgehead atoms. The molecule has 3 heteroatoms. The van der Waals surface area contributed by atoms with Crippen LogP contribution in [0.5, 0.6) is 0 Å². The van der Waals surface area contributed by atoms with E-state index in [0.717, 1.165) is 11.4 Å². The molecule has 0 rings (SSSR count). The molecule has 0 aromatic rings.